The molecule has 2 unspecified atom stereocenters. The predicted octanol–water partition coefficient (Wildman–Crippen LogP) is 3.96. The third-order valence-corrected chi connectivity index (χ3v) is 5.98. The van der Waals surface area contributed by atoms with Crippen molar-refractivity contribution in [1.29, 1.82) is 0 Å². The van der Waals surface area contributed by atoms with E-state index in [2.05, 4.69) is 18.2 Å². The summed E-state index contributed by atoms with van der Waals surface area (Å²) in [5, 5.41) is 0. The van der Waals surface area contributed by atoms with Crippen LogP contribution in [-0.4, -0.2) is 35.7 Å². The number of carbonyl (C=O) groups is 2. The minimum Gasteiger partial charge on any atom is -0.457 e. The maximum Gasteiger partial charge on any atom is 0.410 e. The van der Waals surface area contributed by atoms with Crippen molar-refractivity contribution in [2.45, 2.75) is 63.6 Å². The number of amides is 1. The molecule has 140 valence electrons. The fourth-order valence-corrected chi connectivity index (χ4v) is 4.86. The van der Waals surface area contributed by atoms with E-state index < -0.39 is 5.60 Å². The van der Waals surface area contributed by atoms with Crippen LogP contribution in [0.25, 0.3) is 0 Å². The van der Waals surface area contributed by atoms with Gasteiger partial charge in [-0.25, -0.2) is 4.79 Å². The van der Waals surface area contributed by atoms with Gasteiger partial charge in [-0.05, 0) is 56.6 Å². The Bertz CT molecular complexity index is 728. The van der Waals surface area contributed by atoms with Gasteiger partial charge >= 0.3 is 12.1 Å². The molecular weight excluding hydrogens is 330 g/mol. The van der Waals surface area contributed by atoms with Crippen LogP contribution in [0.3, 0.4) is 0 Å². The minimum absolute atomic E-state index is 0.0320. The predicted molar refractivity (Wildman–Crippen MR) is 96.7 cm³/mol. The largest absolute Gasteiger partial charge is 0.457 e. The van der Waals surface area contributed by atoms with Crippen molar-refractivity contribution < 1.29 is 19.1 Å². The number of piperidine rings is 1. The molecule has 0 aromatic heterocycles. The van der Waals surface area contributed by atoms with Crippen LogP contribution in [0.4, 0.5) is 4.79 Å². The first kappa shape index (κ1) is 17.4. The summed E-state index contributed by atoms with van der Waals surface area (Å²) in [5.74, 6) is 0.170. The molecule has 1 aromatic carbocycles. The number of likely N-dealkylation sites (tertiary alicyclic amines) is 1. The Kier molecular flexibility index (Phi) is 4.01. The van der Waals surface area contributed by atoms with Crippen LogP contribution in [0.15, 0.2) is 24.3 Å². The Morgan fingerprint density at radius 2 is 1.92 bits per heavy atom. The number of hydrogen-bond donors (Lipinski definition) is 0. The molecule has 0 bridgehead atoms. The number of ether oxygens (including phenoxy) is 2. The number of esters is 1. The van der Waals surface area contributed by atoms with Gasteiger partial charge in [0.2, 0.25) is 0 Å². The Labute approximate surface area is 154 Å². The summed E-state index contributed by atoms with van der Waals surface area (Å²) < 4.78 is 11.1. The van der Waals surface area contributed by atoms with Crippen molar-refractivity contribution in [1.82, 2.24) is 4.90 Å². The molecule has 4 rings (SSSR count). The quantitative estimate of drug-likeness (QED) is 0.660. The van der Waals surface area contributed by atoms with Crippen molar-refractivity contribution in [3.05, 3.63) is 35.4 Å². The van der Waals surface area contributed by atoms with Crippen LogP contribution in [0.5, 0.6) is 0 Å². The maximum absolute atomic E-state index is 12.4. The van der Waals surface area contributed by atoms with Crippen molar-refractivity contribution >= 4 is 12.1 Å². The average molecular weight is 357 g/mol. The normalized spacial score (nSPS) is 26.9. The highest BCUT2D eigenvalue weighted by Gasteiger charge is 2.50. The van der Waals surface area contributed by atoms with Gasteiger partial charge in [0.25, 0.3) is 0 Å². The van der Waals surface area contributed by atoms with Crippen LogP contribution in [0.1, 0.15) is 63.7 Å². The molecule has 5 nitrogen and oxygen atoms in total. The standard InChI is InChI=1S/C21H27NO4/c1-20(2,3)26-19(24)22-10-8-21(9-11-22)13-14-12-17(23)25-18(14)15-6-4-5-7-16(15)21/h4-7,14,18H,8-13H2,1-3H3. The van der Waals surface area contributed by atoms with E-state index in [0.717, 1.165) is 19.3 Å². The molecule has 2 aliphatic heterocycles. The first-order valence-electron chi connectivity index (χ1n) is 9.54. The van der Waals surface area contributed by atoms with Crippen LogP contribution >= 0.6 is 0 Å². The van der Waals surface area contributed by atoms with E-state index in [1.54, 1.807) is 0 Å². The molecule has 2 heterocycles. The van der Waals surface area contributed by atoms with Gasteiger partial charge in [-0.3, -0.25) is 4.79 Å². The van der Waals surface area contributed by atoms with Crippen molar-refractivity contribution in [3.8, 4) is 0 Å². The van der Waals surface area contributed by atoms with E-state index >= 15 is 0 Å². The highest BCUT2D eigenvalue weighted by atomic mass is 16.6. The molecule has 26 heavy (non-hydrogen) atoms. The van der Waals surface area contributed by atoms with Gasteiger partial charge in [0.15, 0.2) is 0 Å². The monoisotopic (exact) mass is 357 g/mol. The first-order valence-corrected chi connectivity index (χ1v) is 9.54. The third-order valence-electron chi connectivity index (χ3n) is 5.98. The summed E-state index contributed by atoms with van der Waals surface area (Å²) in [7, 11) is 0. The minimum atomic E-state index is -0.474. The molecule has 2 fully saturated rings. The summed E-state index contributed by atoms with van der Waals surface area (Å²) in [6.07, 6.45) is 2.96. The zero-order valence-corrected chi connectivity index (χ0v) is 15.8. The number of nitrogens with zero attached hydrogens (tertiary/aromatic N) is 1. The molecule has 2 saturated heterocycles. The molecule has 0 saturated carbocycles. The Morgan fingerprint density at radius 3 is 2.62 bits per heavy atom. The lowest BCUT2D eigenvalue weighted by Crippen LogP contribution is -2.49. The van der Waals surface area contributed by atoms with Crippen molar-refractivity contribution in [2.75, 3.05) is 13.1 Å². The molecule has 0 N–H and O–H groups in total. The summed E-state index contributed by atoms with van der Waals surface area (Å²) in [6.45, 7) is 7.06. The summed E-state index contributed by atoms with van der Waals surface area (Å²) in [6, 6.07) is 8.38. The second-order valence-electron chi connectivity index (χ2n) is 8.91. The molecule has 1 aliphatic carbocycles. The van der Waals surface area contributed by atoms with Gasteiger partial charge < -0.3 is 14.4 Å². The molecule has 1 spiro atoms. The van der Waals surface area contributed by atoms with E-state index in [1.165, 1.54) is 11.1 Å². The Balaban J connectivity index is 1.56. The third kappa shape index (κ3) is 2.97. The second kappa shape index (κ2) is 6.00. The molecule has 0 radical (unpaired) electrons. The van der Waals surface area contributed by atoms with E-state index in [9.17, 15) is 9.59 Å². The molecule has 3 aliphatic rings. The van der Waals surface area contributed by atoms with E-state index in [-0.39, 0.29) is 29.5 Å². The van der Waals surface area contributed by atoms with Gasteiger partial charge in [0.05, 0.1) is 6.42 Å². The molecule has 1 amide bonds. The SMILES string of the molecule is CC(C)(C)OC(=O)N1CCC2(CC1)CC1CC(=O)OC1c1ccccc12. The lowest BCUT2D eigenvalue weighted by atomic mass is 9.61. The van der Waals surface area contributed by atoms with E-state index in [0.29, 0.717) is 19.5 Å². The smallest absolute Gasteiger partial charge is 0.410 e. The summed E-state index contributed by atoms with van der Waals surface area (Å²) in [5.41, 5.74) is 2.03. The fourth-order valence-electron chi connectivity index (χ4n) is 4.86. The van der Waals surface area contributed by atoms with Crippen molar-refractivity contribution in [3.63, 3.8) is 0 Å². The Hall–Kier alpha value is -2.04. The zero-order valence-electron chi connectivity index (χ0n) is 15.8. The number of hydrogen-bond acceptors (Lipinski definition) is 4. The van der Waals surface area contributed by atoms with Crippen LogP contribution in [0.2, 0.25) is 0 Å². The van der Waals surface area contributed by atoms with E-state index in [1.807, 2.05) is 31.7 Å². The van der Waals surface area contributed by atoms with E-state index in [4.69, 9.17) is 9.47 Å². The maximum atomic E-state index is 12.4. The molecule has 2 atom stereocenters. The highest BCUT2D eigenvalue weighted by Crippen LogP contribution is 2.54. The second-order valence-corrected chi connectivity index (χ2v) is 8.91. The topological polar surface area (TPSA) is 55.8 Å². The average Bonchev–Trinajstić information content (AvgIpc) is 2.94. The highest BCUT2D eigenvalue weighted by molar-refractivity contribution is 5.73. The summed E-state index contributed by atoms with van der Waals surface area (Å²) >= 11 is 0. The number of fused-ring (bicyclic) bond motifs is 4. The van der Waals surface area contributed by atoms with Gasteiger partial charge in [-0.15, -0.1) is 0 Å². The molecular formula is C21H27NO4. The van der Waals surface area contributed by atoms with Crippen LogP contribution in [-0.2, 0) is 19.7 Å². The van der Waals surface area contributed by atoms with Gasteiger partial charge in [0, 0.05) is 19.0 Å². The van der Waals surface area contributed by atoms with Gasteiger partial charge in [0.1, 0.15) is 11.7 Å². The van der Waals surface area contributed by atoms with Crippen LogP contribution < -0.4 is 0 Å². The first-order chi connectivity index (χ1) is 12.3. The zero-order chi connectivity index (χ0) is 18.5. The Morgan fingerprint density at radius 1 is 1.23 bits per heavy atom. The molecule has 1 aromatic rings. The lowest BCUT2D eigenvalue weighted by Gasteiger charge is -2.48. The lowest BCUT2D eigenvalue weighted by molar-refractivity contribution is -0.142. The molecule has 5 heteroatoms. The van der Waals surface area contributed by atoms with Gasteiger partial charge in [-0.2, -0.15) is 0 Å². The fraction of sp³-hybridized carbons (Fsp3) is 0.619. The summed E-state index contributed by atoms with van der Waals surface area (Å²) in [4.78, 5) is 26.1. The number of carbonyl (C=O) groups excluding carboxylic acids is 2. The number of benzene rings is 1. The van der Waals surface area contributed by atoms with Gasteiger partial charge in [-0.1, -0.05) is 24.3 Å². The van der Waals surface area contributed by atoms with Crippen LogP contribution in [0, 0.1) is 5.92 Å². The number of rotatable bonds is 0. The van der Waals surface area contributed by atoms with Crippen molar-refractivity contribution in [2.24, 2.45) is 5.92 Å².